The van der Waals surface area contributed by atoms with Crippen molar-refractivity contribution in [2.75, 3.05) is 20.1 Å². The summed E-state index contributed by atoms with van der Waals surface area (Å²) in [6, 6.07) is 7.03. The van der Waals surface area contributed by atoms with Crippen LogP contribution in [0, 0.1) is 22.0 Å². The van der Waals surface area contributed by atoms with E-state index in [9.17, 15) is 14.9 Å². The Hall–Kier alpha value is -2.94. The average Bonchev–Trinajstić information content (AvgIpc) is 3.08. The molecule has 1 aromatic heterocycles. The largest absolute Gasteiger partial charge is 0.365 e. The Morgan fingerprint density at radius 3 is 2.94 bits per heavy atom. The van der Waals surface area contributed by atoms with E-state index in [0.29, 0.717) is 30.7 Å². The Kier molecular flexibility index (Phi) is 6.69. The van der Waals surface area contributed by atoms with Crippen molar-refractivity contribution in [1.29, 1.82) is 0 Å². The quantitative estimate of drug-likeness (QED) is 0.208. The number of hydrogen-bond donors (Lipinski definition) is 2. The molecule has 1 aliphatic heterocycles. The highest BCUT2D eigenvalue weighted by Crippen LogP contribution is 2.45. The molecule has 4 atom stereocenters. The molecule has 0 amide bonds. The minimum absolute atomic E-state index is 0.0529. The van der Waals surface area contributed by atoms with Crippen LogP contribution in [0.15, 0.2) is 29.4 Å². The molecule has 178 valence electrons. The van der Waals surface area contributed by atoms with E-state index >= 15 is 0 Å². The number of fused-ring (bicyclic) bond motifs is 2. The van der Waals surface area contributed by atoms with Crippen molar-refractivity contribution in [3.05, 3.63) is 45.6 Å². The first kappa shape index (κ1) is 23.2. The maximum Gasteiger partial charge on any atom is 0.251 e. The van der Waals surface area contributed by atoms with Crippen LogP contribution in [0.2, 0.25) is 0 Å². The van der Waals surface area contributed by atoms with E-state index in [1.54, 1.807) is 0 Å². The standard InChI is InChI=1S/C24H34N6O3/c1-15(6-5-9-26-24(25)27-30(32)33)10-22(31)16-11-19-18-7-4-8-20-23(18)17(14-28(20)2)12-21(19)29(3)13-16/h4,7-8,14-16,19,21H,5-6,9-13H2,1-3H3,(H3,25,26,27)/t15-,16-,19-,21-/m1/s1. The summed E-state index contributed by atoms with van der Waals surface area (Å²) in [6.45, 7) is 3.32. The highest BCUT2D eigenvalue weighted by Gasteiger charge is 2.41. The number of ketones is 1. The number of nitrogens with one attached hydrogen (secondary N) is 1. The van der Waals surface area contributed by atoms with Crippen LogP contribution < -0.4 is 11.2 Å². The van der Waals surface area contributed by atoms with Crippen molar-refractivity contribution in [3.63, 3.8) is 0 Å². The number of likely N-dealkylation sites (N-methyl/N-ethyl adjacent to an activating group) is 1. The predicted octanol–water partition coefficient (Wildman–Crippen LogP) is 2.61. The van der Waals surface area contributed by atoms with Gasteiger partial charge >= 0.3 is 0 Å². The SMILES string of the molecule is C[C@H](CCCN=C(N)N[N+](=O)[O-])CC(=O)[C@@H]1C[C@@H]2c3cccc4c3c(cn4C)C[C@H]2N(C)C1. The molecule has 9 heteroatoms. The molecule has 2 aromatic rings. The molecule has 1 fully saturated rings. The van der Waals surface area contributed by atoms with Gasteiger partial charge in [-0.05, 0) is 55.8 Å². The number of hydrogen-bond acceptors (Lipinski definition) is 5. The Morgan fingerprint density at radius 2 is 2.18 bits per heavy atom. The third kappa shape index (κ3) is 4.88. The monoisotopic (exact) mass is 454 g/mol. The van der Waals surface area contributed by atoms with Gasteiger partial charge in [0.2, 0.25) is 0 Å². The van der Waals surface area contributed by atoms with Crippen LogP contribution in [0.3, 0.4) is 0 Å². The number of nitro groups is 1. The second-order valence-corrected chi connectivity index (χ2v) is 9.81. The number of piperidine rings is 1. The maximum atomic E-state index is 13.2. The van der Waals surface area contributed by atoms with Gasteiger partial charge in [-0.15, -0.1) is 0 Å². The first-order valence-electron chi connectivity index (χ1n) is 11.7. The average molecular weight is 455 g/mol. The van der Waals surface area contributed by atoms with E-state index in [-0.39, 0.29) is 17.8 Å². The molecule has 9 nitrogen and oxygen atoms in total. The zero-order valence-corrected chi connectivity index (χ0v) is 19.7. The number of aryl methyl sites for hydroxylation is 1. The van der Waals surface area contributed by atoms with Gasteiger partial charge in [-0.25, -0.2) is 15.1 Å². The summed E-state index contributed by atoms with van der Waals surface area (Å²) in [4.78, 5) is 29.9. The number of hydrazine groups is 1. The lowest BCUT2D eigenvalue weighted by Crippen LogP contribution is -2.49. The molecule has 1 aliphatic carbocycles. The van der Waals surface area contributed by atoms with Crippen LogP contribution >= 0.6 is 0 Å². The number of carbonyl (C=O) groups excluding carboxylic acids is 1. The zero-order chi connectivity index (χ0) is 23.7. The first-order valence-corrected chi connectivity index (χ1v) is 11.7. The molecule has 3 N–H and O–H groups in total. The normalized spacial score (nSPS) is 23.8. The molecule has 0 saturated carbocycles. The lowest BCUT2D eigenvalue weighted by atomic mass is 9.71. The summed E-state index contributed by atoms with van der Waals surface area (Å²) in [5.41, 5.74) is 11.4. The molecule has 33 heavy (non-hydrogen) atoms. The topological polar surface area (TPSA) is 119 Å². The van der Waals surface area contributed by atoms with Gasteiger partial charge in [0.05, 0.1) is 0 Å². The Bertz CT molecular complexity index is 1080. The van der Waals surface area contributed by atoms with Gasteiger partial charge in [0.25, 0.3) is 5.96 Å². The van der Waals surface area contributed by atoms with Crippen molar-refractivity contribution in [3.8, 4) is 0 Å². The number of Topliss-reactive ketones (excluding diaryl/α,β-unsaturated/α-hetero) is 1. The molecule has 2 heterocycles. The van der Waals surface area contributed by atoms with Gasteiger partial charge in [-0.3, -0.25) is 4.79 Å². The predicted molar refractivity (Wildman–Crippen MR) is 129 cm³/mol. The summed E-state index contributed by atoms with van der Waals surface area (Å²) < 4.78 is 2.22. The molecular formula is C24H34N6O3. The summed E-state index contributed by atoms with van der Waals surface area (Å²) in [5, 5.41) is 11.0. The number of carbonyl (C=O) groups is 1. The van der Waals surface area contributed by atoms with Crippen LogP contribution in [0.1, 0.15) is 49.7 Å². The zero-order valence-electron chi connectivity index (χ0n) is 19.7. The molecular weight excluding hydrogens is 420 g/mol. The van der Waals surface area contributed by atoms with Gasteiger partial charge in [-0.2, -0.15) is 0 Å². The van der Waals surface area contributed by atoms with Crippen LogP contribution in [0.4, 0.5) is 0 Å². The van der Waals surface area contributed by atoms with E-state index < -0.39 is 5.03 Å². The lowest BCUT2D eigenvalue weighted by molar-refractivity contribution is -0.525. The summed E-state index contributed by atoms with van der Waals surface area (Å²) in [7, 11) is 4.27. The summed E-state index contributed by atoms with van der Waals surface area (Å²) in [5.74, 6) is 0.843. The number of nitrogens with two attached hydrogens (primary N) is 1. The Labute approximate surface area is 194 Å². The molecule has 0 radical (unpaired) electrons. The lowest BCUT2D eigenvalue weighted by Gasteiger charge is -2.45. The van der Waals surface area contributed by atoms with Gasteiger partial charge in [-0.1, -0.05) is 24.5 Å². The highest BCUT2D eigenvalue weighted by atomic mass is 16.7. The van der Waals surface area contributed by atoms with Crippen molar-refractivity contribution < 1.29 is 9.83 Å². The van der Waals surface area contributed by atoms with E-state index in [4.69, 9.17) is 5.73 Å². The second kappa shape index (κ2) is 9.51. The number of likely N-dealkylation sites (tertiary alicyclic amines) is 1. The number of nitrogens with zero attached hydrogens (tertiary/aromatic N) is 4. The fraction of sp³-hybridized carbons (Fsp3) is 0.583. The molecule has 1 aromatic carbocycles. The van der Waals surface area contributed by atoms with Gasteiger partial charge in [0.1, 0.15) is 5.78 Å². The number of benzene rings is 1. The number of guanidine groups is 1. The van der Waals surface area contributed by atoms with Crippen LogP contribution in [0.25, 0.3) is 10.9 Å². The molecule has 0 bridgehead atoms. The molecule has 1 saturated heterocycles. The number of aromatic nitrogens is 1. The third-order valence-electron chi connectivity index (χ3n) is 7.38. The highest BCUT2D eigenvalue weighted by molar-refractivity contribution is 5.89. The van der Waals surface area contributed by atoms with Gasteiger partial charge in [0.15, 0.2) is 5.03 Å². The van der Waals surface area contributed by atoms with Crippen LogP contribution in [-0.4, -0.2) is 52.4 Å². The molecule has 0 spiro atoms. The maximum absolute atomic E-state index is 13.2. The fourth-order valence-corrected chi connectivity index (χ4v) is 5.83. The van der Waals surface area contributed by atoms with Crippen LogP contribution in [-0.2, 0) is 18.3 Å². The number of rotatable bonds is 8. The van der Waals surface area contributed by atoms with E-state index in [2.05, 4.69) is 59.9 Å². The molecule has 2 aliphatic rings. The molecule has 0 unspecified atom stereocenters. The van der Waals surface area contributed by atoms with E-state index in [0.717, 1.165) is 32.2 Å². The minimum atomic E-state index is -0.725. The smallest absolute Gasteiger partial charge is 0.251 e. The van der Waals surface area contributed by atoms with Gasteiger partial charge in [0, 0.05) is 61.5 Å². The Morgan fingerprint density at radius 1 is 1.39 bits per heavy atom. The van der Waals surface area contributed by atoms with Crippen molar-refractivity contribution in [2.45, 2.75) is 51.0 Å². The summed E-state index contributed by atoms with van der Waals surface area (Å²) >= 11 is 0. The van der Waals surface area contributed by atoms with Crippen molar-refractivity contribution in [1.82, 2.24) is 14.9 Å². The fourth-order valence-electron chi connectivity index (χ4n) is 5.83. The van der Waals surface area contributed by atoms with Crippen LogP contribution in [0.5, 0.6) is 0 Å². The summed E-state index contributed by atoms with van der Waals surface area (Å²) in [6.07, 6.45) is 6.36. The van der Waals surface area contributed by atoms with Crippen molar-refractivity contribution in [2.24, 2.45) is 29.6 Å². The minimum Gasteiger partial charge on any atom is -0.365 e. The van der Waals surface area contributed by atoms with Gasteiger partial charge < -0.3 is 15.2 Å². The third-order valence-corrected chi connectivity index (χ3v) is 7.38. The van der Waals surface area contributed by atoms with E-state index in [1.165, 1.54) is 22.0 Å². The second-order valence-electron chi connectivity index (χ2n) is 9.81. The van der Waals surface area contributed by atoms with E-state index in [1.807, 2.05) is 5.43 Å². The first-order chi connectivity index (χ1) is 15.7. The molecule has 4 rings (SSSR count). The number of aliphatic imine (C=N–C) groups is 1. The Balaban J connectivity index is 1.36. The van der Waals surface area contributed by atoms with Crippen molar-refractivity contribution >= 4 is 22.6 Å².